The van der Waals surface area contributed by atoms with Crippen LogP contribution in [-0.4, -0.2) is 11.9 Å². The predicted molar refractivity (Wildman–Crippen MR) is 80.1 cm³/mol. The first kappa shape index (κ1) is 14.9. The molecule has 2 rings (SSSR count). The number of hydrogen-bond donors (Lipinski definition) is 1. The fourth-order valence-electron chi connectivity index (χ4n) is 2.04. The van der Waals surface area contributed by atoms with Crippen LogP contribution in [0.25, 0.3) is 0 Å². The third-order valence-corrected chi connectivity index (χ3v) is 3.58. The molecule has 0 fully saturated rings. The SMILES string of the molecule is CN(Cc1cccc(N)c1)Cc1c(F)ccc(Br)c1F. The van der Waals surface area contributed by atoms with Crippen LogP contribution < -0.4 is 5.73 Å². The lowest BCUT2D eigenvalue weighted by atomic mass is 10.1. The van der Waals surface area contributed by atoms with Crippen molar-refractivity contribution in [1.29, 1.82) is 0 Å². The Morgan fingerprint density at radius 1 is 1.15 bits per heavy atom. The summed E-state index contributed by atoms with van der Waals surface area (Å²) in [7, 11) is 1.81. The second-order valence-electron chi connectivity index (χ2n) is 4.74. The third kappa shape index (κ3) is 3.55. The molecule has 2 N–H and O–H groups in total. The van der Waals surface area contributed by atoms with E-state index in [0.717, 1.165) is 5.56 Å². The predicted octanol–water partition coefficient (Wildman–Crippen LogP) is 3.94. The van der Waals surface area contributed by atoms with Gasteiger partial charge < -0.3 is 5.73 Å². The van der Waals surface area contributed by atoms with Crippen molar-refractivity contribution >= 4 is 21.6 Å². The standard InChI is InChI=1S/C15H15BrF2N2/c1-20(8-10-3-2-4-11(19)7-10)9-12-14(17)6-5-13(16)15(12)18/h2-7H,8-9,19H2,1H3. The number of anilines is 1. The zero-order valence-corrected chi connectivity index (χ0v) is 12.6. The molecule has 20 heavy (non-hydrogen) atoms. The van der Waals surface area contributed by atoms with Crippen molar-refractivity contribution < 1.29 is 8.78 Å². The number of nitrogens with zero attached hydrogens (tertiary/aromatic N) is 1. The van der Waals surface area contributed by atoms with Gasteiger partial charge in [0, 0.05) is 24.3 Å². The van der Waals surface area contributed by atoms with Gasteiger partial charge in [-0.05, 0) is 52.8 Å². The quantitative estimate of drug-likeness (QED) is 0.674. The van der Waals surface area contributed by atoms with Crippen molar-refractivity contribution in [2.24, 2.45) is 0 Å². The monoisotopic (exact) mass is 340 g/mol. The maximum Gasteiger partial charge on any atom is 0.144 e. The van der Waals surface area contributed by atoms with Gasteiger partial charge in [-0.3, -0.25) is 4.90 Å². The largest absolute Gasteiger partial charge is 0.399 e. The zero-order valence-electron chi connectivity index (χ0n) is 11.0. The molecule has 0 spiro atoms. The molecule has 0 aliphatic carbocycles. The van der Waals surface area contributed by atoms with Crippen LogP contribution in [0.15, 0.2) is 40.9 Å². The molecule has 0 atom stereocenters. The summed E-state index contributed by atoms with van der Waals surface area (Å²) in [5, 5.41) is 0. The minimum absolute atomic E-state index is 0.0609. The van der Waals surface area contributed by atoms with E-state index in [4.69, 9.17) is 5.73 Å². The smallest absolute Gasteiger partial charge is 0.144 e. The molecule has 0 amide bonds. The molecule has 5 heteroatoms. The van der Waals surface area contributed by atoms with Gasteiger partial charge in [0.2, 0.25) is 0 Å². The molecule has 0 aliphatic rings. The van der Waals surface area contributed by atoms with Crippen LogP contribution in [0.5, 0.6) is 0 Å². The number of benzene rings is 2. The summed E-state index contributed by atoms with van der Waals surface area (Å²) in [5.41, 5.74) is 7.45. The van der Waals surface area contributed by atoms with Gasteiger partial charge in [-0.15, -0.1) is 0 Å². The van der Waals surface area contributed by atoms with E-state index in [1.807, 2.05) is 30.1 Å². The van der Waals surface area contributed by atoms with Crippen molar-refractivity contribution in [2.75, 3.05) is 12.8 Å². The van der Waals surface area contributed by atoms with Gasteiger partial charge in [0.1, 0.15) is 11.6 Å². The number of hydrogen-bond acceptors (Lipinski definition) is 2. The van der Waals surface area contributed by atoms with Gasteiger partial charge in [-0.1, -0.05) is 12.1 Å². The molecule has 0 radical (unpaired) electrons. The molecular weight excluding hydrogens is 326 g/mol. The molecule has 2 nitrogen and oxygen atoms in total. The first-order valence-corrected chi connectivity index (χ1v) is 6.92. The molecule has 2 aromatic carbocycles. The van der Waals surface area contributed by atoms with Crippen LogP contribution >= 0.6 is 15.9 Å². The topological polar surface area (TPSA) is 29.3 Å². The Morgan fingerprint density at radius 2 is 1.90 bits per heavy atom. The Morgan fingerprint density at radius 3 is 2.60 bits per heavy atom. The van der Waals surface area contributed by atoms with E-state index in [-0.39, 0.29) is 16.6 Å². The van der Waals surface area contributed by atoms with Gasteiger partial charge in [0.15, 0.2) is 0 Å². The van der Waals surface area contributed by atoms with E-state index < -0.39 is 11.6 Å². The fourth-order valence-corrected chi connectivity index (χ4v) is 2.41. The molecule has 0 saturated carbocycles. The van der Waals surface area contributed by atoms with Crippen molar-refractivity contribution in [2.45, 2.75) is 13.1 Å². The fraction of sp³-hybridized carbons (Fsp3) is 0.200. The number of nitrogen functional groups attached to an aromatic ring is 1. The van der Waals surface area contributed by atoms with Crippen molar-refractivity contribution in [3.63, 3.8) is 0 Å². The van der Waals surface area contributed by atoms with Crippen molar-refractivity contribution in [1.82, 2.24) is 4.90 Å². The Hall–Kier alpha value is -1.46. The molecular formula is C15H15BrF2N2. The maximum atomic E-state index is 13.9. The summed E-state index contributed by atoms with van der Waals surface area (Å²) in [6.07, 6.45) is 0. The van der Waals surface area contributed by atoms with Crippen LogP contribution in [-0.2, 0) is 13.1 Å². The lowest BCUT2D eigenvalue weighted by Gasteiger charge is -2.18. The molecule has 2 aromatic rings. The van der Waals surface area contributed by atoms with E-state index in [1.165, 1.54) is 12.1 Å². The van der Waals surface area contributed by atoms with Gasteiger partial charge in [0.25, 0.3) is 0 Å². The van der Waals surface area contributed by atoms with Gasteiger partial charge in [0.05, 0.1) is 4.47 Å². The van der Waals surface area contributed by atoms with E-state index in [0.29, 0.717) is 12.2 Å². The van der Waals surface area contributed by atoms with Crippen LogP contribution in [0.3, 0.4) is 0 Å². The summed E-state index contributed by atoms with van der Waals surface area (Å²) in [6, 6.07) is 10.1. The average Bonchev–Trinajstić information content (AvgIpc) is 2.39. The lowest BCUT2D eigenvalue weighted by Crippen LogP contribution is -2.19. The van der Waals surface area contributed by atoms with Crippen LogP contribution in [0, 0.1) is 11.6 Å². The Labute approximate surface area is 125 Å². The lowest BCUT2D eigenvalue weighted by molar-refractivity contribution is 0.307. The molecule has 106 valence electrons. The highest BCUT2D eigenvalue weighted by Gasteiger charge is 2.14. The van der Waals surface area contributed by atoms with E-state index in [1.54, 1.807) is 6.07 Å². The van der Waals surface area contributed by atoms with Gasteiger partial charge >= 0.3 is 0 Å². The van der Waals surface area contributed by atoms with Crippen molar-refractivity contribution in [3.05, 3.63) is 63.6 Å². The summed E-state index contributed by atoms with van der Waals surface area (Å²) in [5.74, 6) is -1.09. The Kier molecular flexibility index (Phi) is 4.73. The van der Waals surface area contributed by atoms with Crippen LogP contribution in [0.2, 0.25) is 0 Å². The molecule has 0 saturated heterocycles. The molecule has 0 aliphatic heterocycles. The molecule has 0 aromatic heterocycles. The van der Waals surface area contributed by atoms with E-state index in [9.17, 15) is 8.78 Å². The highest BCUT2D eigenvalue weighted by atomic mass is 79.9. The number of rotatable bonds is 4. The normalized spacial score (nSPS) is 11.1. The number of halogens is 3. The van der Waals surface area contributed by atoms with Crippen LogP contribution in [0.1, 0.15) is 11.1 Å². The first-order chi connectivity index (χ1) is 9.47. The summed E-state index contributed by atoms with van der Waals surface area (Å²) in [4.78, 5) is 1.84. The minimum atomic E-state index is -0.551. The molecule has 0 unspecified atom stereocenters. The Bertz CT molecular complexity index is 617. The van der Waals surface area contributed by atoms with Crippen molar-refractivity contribution in [3.8, 4) is 0 Å². The summed E-state index contributed by atoms with van der Waals surface area (Å²) in [6.45, 7) is 0.752. The highest BCUT2D eigenvalue weighted by molar-refractivity contribution is 9.10. The second-order valence-corrected chi connectivity index (χ2v) is 5.59. The molecule has 0 heterocycles. The van der Waals surface area contributed by atoms with Gasteiger partial charge in [-0.2, -0.15) is 0 Å². The average molecular weight is 341 g/mol. The first-order valence-electron chi connectivity index (χ1n) is 6.12. The molecule has 0 bridgehead atoms. The van der Waals surface area contributed by atoms with Gasteiger partial charge in [-0.25, -0.2) is 8.78 Å². The zero-order chi connectivity index (χ0) is 14.7. The van der Waals surface area contributed by atoms with E-state index in [2.05, 4.69) is 15.9 Å². The second kappa shape index (κ2) is 6.33. The maximum absolute atomic E-state index is 13.9. The number of nitrogens with two attached hydrogens (primary N) is 1. The summed E-state index contributed by atoms with van der Waals surface area (Å²) >= 11 is 3.07. The third-order valence-electron chi connectivity index (χ3n) is 2.97. The van der Waals surface area contributed by atoms with Crippen LogP contribution in [0.4, 0.5) is 14.5 Å². The Balaban J connectivity index is 2.12. The highest BCUT2D eigenvalue weighted by Crippen LogP contribution is 2.23. The summed E-state index contributed by atoms with van der Waals surface area (Å²) < 4.78 is 27.8. The minimum Gasteiger partial charge on any atom is -0.399 e. The van der Waals surface area contributed by atoms with E-state index >= 15 is 0 Å².